The molecule has 2 N–H and O–H groups in total. The summed E-state index contributed by atoms with van der Waals surface area (Å²) in [7, 11) is 1.65. The zero-order valence-corrected chi connectivity index (χ0v) is 12.7. The number of nitrogens with zero attached hydrogens (tertiary/aromatic N) is 1. The van der Waals surface area contributed by atoms with Gasteiger partial charge in [0.25, 0.3) is 5.91 Å². The van der Waals surface area contributed by atoms with Crippen LogP contribution in [0.1, 0.15) is 22.3 Å². The lowest BCUT2D eigenvalue weighted by molar-refractivity contribution is 0.0949. The predicted molar refractivity (Wildman–Crippen MR) is 86.8 cm³/mol. The van der Waals surface area contributed by atoms with E-state index in [2.05, 4.69) is 15.6 Å². The first kappa shape index (κ1) is 16.0. The molecule has 0 aliphatic heterocycles. The minimum absolute atomic E-state index is 0.0751. The molecule has 0 fully saturated rings. The highest BCUT2D eigenvalue weighted by Crippen LogP contribution is 2.16. The van der Waals surface area contributed by atoms with Gasteiger partial charge in [0.2, 0.25) is 0 Å². The summed E-state index contributed by atoms with van der Waals surface area (Å²) < 4.78 is 4.97. The van der Waals surface area contributed by atoms with Gasteiger partial charge >= 0.3 is 0 Å². The second-order valence-corrected chi connectivity index (χ2v) is 4.86. The number of anilines is 1. The Bertz CT molecular complexity index is 587. The predicted octanol–water partition coefficient (Wildman–Crippen LogP) is 2.46. The monoisotopic (exact) mass is 299 g/mol. The van der Waals surface area contributed by atoms with Gasteiger partial charge in [-0.25, -0.2) is 0 Å². The van der Waals surface area contributed by atoms with Crippen LogP contribution < -0.4 is 10.6 Å². The van der Waals surface area contributed by atoms with E-state index >= 15 is 0 Å². The summed E-state index contributed by atoms with van der Waals surface area (Å²) in [6.45, 7) is 1.89. The second kappa shape index (κ2) is 8.79. The summed E-state index contributed by atoms with van der Waals surface area (Å²) in [4.78, 5) is 16.2. The molecular formula is C17H21N3O2. The van der Waals surface area contributed by atoms with Crippen molar-refractivity contribution in [1.29, 1.82) is 0 Å². The Morgan fingerprint density at radius 3 is 2.73 bits per heavy atom. The molecule has 0 aliphatic carbocycles. The highest BCUT2D eigenvalue weighted by atomic mass is 16.5. The number of hydrogen-bond acceptors (Lipinski definition) is 4. The highest BCUT2D eigenvalue weighted by Gasteiger charge is 2.09. The Morgan fingerprint density at radius 2 is 1.95 bits per heavy atom. The SMILES string of the molecule is COCCCNC(=O)c1ccccc1NCc1ccncc1. The molecule has 22 heavy (non-hydrogen) atoms. The Kier molecular flexibility index (Phi) is 6.39. The van der Waals surface area contributed by atoms with Crippen LogP contribution in [0.5, 0.6) is 0 Å². The summed E-state index contributed by atoms with van der Waals surface area (Å²) in [5.41, 5.74) is 2.59. The van der Waals surface area contributed by atoms with Gasteiger partial charge in [0, 0.05) is 44.9 Å². The van der Waals surface area contributed by atoms with Gasteiger partial charge in [-0.1, -0.05) is 12.1 Å². The van der Waals surface area contributed by atoms with Crippen LogP contribution in [-0.4, -0.2) is 31.2 Å². The van der Waals surface area contributed by atoms with Gasteiger partial charge in [-0.2, -0.15) is 0 Å². The first-order chi connectivity index (χ1) is 10.8. The number of nitrogens with one attached hydrogen (secondary N) is 2. The van der Waals surface area contributed by atoms with Gasteiger partial charge in [-0.3, -0.25) is 9.78 Å². The summed E-state index contributed by atoms with van der Waals surface area (Å²) in [6, 6.07) is 11.4. The fourth-order valence-corrected chi connectivity index (χ4v) is 2.05. The molecule has 2 rings (SSSR count). The standard InChI is InChI=1S/C17H21N3O2/c1-22-12-4-9-19-17(21)15-5-2-3-6-16(15)20-13-14-7-10-18-11-8-14/h2-3,5-8,10-11,20H,4,9,12-13H2,1H3,(H,19,21). The number of aromatic nitrogens is 1. The van der Waals surface area contributed by atoms with Crippen molar-refractivity contribution in [3.8, 4) is 0 Å². The highest BCUT2D eigenvalue weighted by molar-refractivity contribution is 5.99. The van der Waals surface area contributed by atoms with Crippen molar-refractivity contribution in [2.24, 2.45) is 0 Å². The molecule has 0 saturated heterocycles. The minimum Gasteiger partial charge on any atom is -0.385 e. The van der Waals surface area contributed by atoms with Gasteiger partial charge in [-0.15, -0.1) is 0 Å². The smallest absolute Gasteiger partial charge is 0.253 e. The number of pyridine rings is 1. The fourth-order valence-electron chi connectivity index (χ4n) is 2.05. The van der Waals surface area contributed by atoms with Crippen LogP contribution in [0.4, 0.5) is 5.69 Å². The molecule has 1 heterocycles. The molecule has 1 aromatic carbocycles. The van der Waals surface area contributed by atoms with E-state index in [4.69, 9.17) is 4.74 Å². The maximum atomic E-state index is 12.2. The van der Waals surface area contributed by atoms with Crippen LogP contribution in [0.3, 0.4) is 0 Å². The van der Waals surface area contributed by atoms with Crippen LogP contribution in [-0.2, 0) is 11.3 Å². The lowest BCUT2D eigenvalue weighted by Gasteiger charge is -2.12. The molecule has 5 nitrogen and oxygen atoms in total. The lowest BCUT2D eigenvalue weighted by atomic mass is 10.1. The van der Waals surface area contributed by atoms with Crippen molar-refractivity contribution in [1.82, 2.24) is 10.3 Å². The second-order valence-electron chi connectivity index (χ2n) is 4.86. The average Bonchev–Trinajstić information content (AvgIpc) is 2.58. The van der Waals surface area contributed by atoms with Crippen molar-refractivity contribution < 1.29 is 9.53 Å². The number of carbonyl (C=O) groups is 1. The van der Waals surface area contributed by atoms with Crippen molar-refractivity contribution >= 4 is 11.6 Å². The molecule has 0 unspecified atom stereocenters. The number of carbonyl (C=O) groups excluding carboxylic acids is 1. The van der Waals surface area contributed by atoms with Crippen LogP contribution in [0, 0.1) is 0 Å². The van der Waals surface area contributed by atoms with Crippen LogP contribution in [0.25, 0.3) is 0 Å². The third-order valence-electron chi connectivity index (χ3n) is 3.21. The van der Waals surface area contributed by atoms with Gasteiger partial charge in [0.1, 0.15) is 0 Å². The van der Waals surface area contributed by atoms with E-state index in [1.807, 2.05) is 36.4 Å². The molecule has 1 amide bonds. The van der Waals surface area contributed by atoms with Crippen molar-refractivity contribution in [2.45, 2.75) is 13.0 Å². The Balaban J connectivity index is 1.95. The number of methoxy groups -OCH3 is 1. The van der Waals surface area contributed by atoms with Gasteiger partial charge in [0.05, 0.1) is 5.56 Å². The molecule has 0 bridgehead atoms. The first-order valence-electron chi connectivity index (χ1n) is 7.30. The fraction of sp³-hybridized carbons (Fsp3) is 0.294. The molecule has 1 aromatic heterocycles. The van der Waals surface area contributed by atoms with Crippen molar-refractivity contribution in [3.05, 3.63) is 59.9 Å². The molecule has 0 radical (unpaired) electrons. The number of amides is 1. The van der Waals surface area contributed by atoms with Gasteiger partial charge in [-0.05, 0) is 36.2 Å². The van der Waals surface area contributed by atoms with E-state index in [-0.39, 0.29) is 5.91 Å². The minimum atomic E-state index is -0.0751. The van der Waals surface area contributed by atoms with Crippen LogP contribution in [0.15, 0.2) is 48.8 Å². The first-order valence-corrected chi connectivity index (χ1v) is 7.30. The Morgan fingerprint density at radius 1 is 1.18 bits per heavy atom. The molecular weight excluding hydrogens is 278 g/mol. The zero-order valence-electron chi connectivity index (χ0n) is 12.7. The third-order valence-corrected chi connectivity index (χ3v) is 3.21. The topological polar surface area (TPSA) is 63.2 Å². The van der Waals surface area contributed by atoms with E-state index in [0.717, 1.165) is 17.7 Å². The van der Waals surface area contributed by atoms with Gasteiger partial charge < -0.3 is 15.4 Å². The molecule has 0 saturated carbocycles. The summed E-state index contributed by atoms with van der Waals surface area (Å²) in [5, 5.41) is 6.20. The van der Waals surface area contributed by atoms with Crippen LogP contribution >= 0.6 is 0 Å². The molecule has 2 aromatic rings. The van der Waals surface area contributed by atoms with Crippen molar-refractivity contribution in [3.63, 3.8) is 0 Å². The maximum Gasteiger partial charge on any atom is 0.253 e. The largest absolute Gasteiger partial charge is 0.385 e. The van der Waals surface area contributed by atoms with E-state index in [1.165, 1.54) is 0 Å². The Hall–Kier alpha value is -2.40. The molecule has 5 heteroatoms. The van der Waals surface area contributed by atoms with E-state index < -0.39 is 0 Å². The quantitative estimate of drug-likeness (QED) is 0.735. The third kappa shape index (κ3) is 4.86. The summed E-state index contributed by atoms with van der Waals surface area (Å²) in [5.74, 6) is -0.0751. The zero-order chi connectivity index (χ0) is 15.6. The summed E-state index contributed by atoms with van der Waals surface area (Å²) >= 11 is 0. The summed E-state index contributed by atoms with van der Waals surface area (Å²) in [6.07, 6.45) is 4.31. The normalized spacial score (nSPS) is 10.2. The molecule has 0 atom stereocenters. The number of rotatable bonds is 8. The van der Waals surface area contributed by atoms with E-state index in [1.54, 1.807) is 19.5 Å². The van der Waals surface area contributed by atoms with Crippen LogP contribution in [0.2, 0.25) is 0 Å². The molecule has 0 aliphatic rings. The number of benzene rings is 1. The Labute approximate surface area is 130 Å². The molecule has 116 valence electrons. The van der Waals surface area contributed by atoms with Crippen molar-refractivity contribution in [2.75, 3.05) is 25.6 Å². The lowest BCUT2D eigenvalue weighted by Crippen LogP contribution is -2.26. The number of para-hydroxylation sites is 1. The number of ether oxygens (including phenoxy) is 1. The van der Waals surface area contributed by atoms with Gasteiger partial charge in [0.15, 0.2) is 0 Å². The number of hydrogen-bond donors (Lipinski definition) is 2. The maximum absolute atomic E-state index is 12.2. The van der Waals surface area contributed by atoms with E-state index in [9.17, 15) is 4.79 Å². The molecule has 0 spiro atoms. The average molecular weight is 299 g/mol. The van der Waals surface area contributed by atoms with E-state index in [0.29, 0.717) is 25.3 Å².